The fourth-order valence-corrected chi connectivity index (χ4v) is 2.80. The zero-order chi connectivity index (χ0) is 22.1. The molecular formula is C21H32O8. The summed E-state index contributed by atoms with van der Waals surface area (Å²) in [6.07, 6.45) is -0.145. The largest absolute Gasteiger partial charge is 0.466 e. The van der Waals surface area contributed by atoms with Gasteiger partial charge in [0.2, 0.25) is 0 Å². The summed E-state index contributed by atoms with van der Waals surface area (Å²) in [5.41, 5.74) is 0.191. The molecule has 0 fully saturated rings. The van der Waals surface area contributed by atoms with Crippen molar-refractivity contribution in [3.05, 3.63) is 11.6 Å². The van der Waals surface area contributed by atoms with Gasteiger partial charge in [-0.2, -0.15) is 0 Å². The van der Waals surface area contributed by atoms with Gasteiger partial charge in [0.15, 0.2) is 12.2 Å². The lowest BCUT2D eigenvalue weighted by molar-refractivity contribution is -0.185. The molecule has 5 atom stereocenters. The topological polar surface area (TPSA) is 105 Å². The van der Waals surface area contributed by atoms with Gasteiger partial charge in [0, 0.05) is 25.3 Å². The van der Waals surface area contributed by atoms with Crippen molar-refractivity contribution in [1.29, 1.82) is 0 Å². The van der Waals surface area contributed by atoms with E-state index in [2.05, 4.69) is 0 Å². The van der Waals surface area contributed by atoms with Crippen LogP contribution in [0.15, 0.2) is 11.6 Å². The molecular weight excluding hydrogens is 380 g/mol. The van der Waals surface area contributed by atoms with Gasteiger partial charge in [0.25, 0.3) is 0 Å². The van der Waals surface area contributed by atoms with E-state index in [1.807, 2.05) is 20.8 Å². The fraction of sp³-hybridized carbons (Fsp3) is 0.714. The van der Waals surface area contributed by atoms with Crippen molar-refractivity contribution in [2.24, 2.45) is 11.8 Å². The first-order valence-corrected chi connectivity index (χ1v) is 9.98. The summed E-state index contributed by atoms with van der Waals surface area (Å²) >= 11 is 0. The van der Waals surface area contributed by atoms with Crippen LogP contribution in [0.2, 0.25) is 0 Å². The highest BCUT2D eigenvalue weighted by Crippen LogP contribution is 2.29. The Bertz CT molecular complexity index is 639. The number of carbonyl (C=O) groups excluding carboxylic acids is 4. The van der Waals surface area contributed by atoms with Crippen LogP contribution in [-0.2, 0) is 38.1 Å². The van der Waals surface area contributed by atoms with Crippen LogP contribution in [0.4, 0.5) is 0 Å². The molecule has 0 aromatic carbocycles. The van der Waals surface area contributed by atoms with Crippen molar-refractivity contribution < 1.29 is 38.1 Å². The highest BCUT2D eigenvalue weighted by Gasteiger charge is 2.42. The summed E-state index contributed by atoms with van der Waals surface area (Å²) in [7, 11) is 1.23. The van der Waals surface area contributed by atoms with Crippen molar-refractivity contribution >= 4 is 23.9 Å². The maximum absolute atomic E-state index is 12.4. The van der Waals surface area contributed by atoms with Gasteiger partial charge in [-0.25, -0.2) is 4.79 Å². The lowest BCUT2D eigenvalue weighted by Gasteiger charge is -2.35. The minimum atomic E-state index is -1.07. The van der Waals surface area contributed by atoms with Gasteiger partial charge in [-0.3, -0.25) is 14.4 Å². The van der Waals surface area contributed by atoms with Gasteiger partial charge in [-0.15, -0.1) is 0 Å². The Labute approximate surface area is 171 Å². The first kappa shape index (κ1) is 24.7. The average molecular weight is 412 g/mol. The highest BCUT2D eigenvalue weighted by molar-refractivity contribution is 5.89. The molecule has 0 aromatic heterocycles. The molecule has 29 heavy (non-hydrogen) atoms. The number of rotatable bonds is 9. The molecule has 0 N–H and O–H groups in total. The number of hydrogen-bond donors (Lipinski definition) is 0. The summed E-state index contributed by atoms with van der Waals surface area (Å²) in [5.74, 6) is -2.47. The molecule has 0 spiro atoms. The van der Waals surface area contributed by atoms with Crippen LogP contribution in [0.3, 0.4) is 0 Å². The lowest BCUT2D eigenvalue weighted by atomic mass is 9.91. The molecule has 0 aromatic rings. The number of hydrogen-bond acceptors (Lipinski definition) is 8. The Morgan fingerprint density at radius 2 is 1.72 bits per heavy atom. The van der Waals surface area contributed by atoms with E-state index in [1.54, 1.807) is 6.92 Å². The van der Waals surface area contributed by atoms with Crippen molar-refractivity contribution in [3.63, 3.8) is 0 Å². The van der Waals surface area contributed by atoms with Crippen LogP contribution in [0, 0.1) is 11.8 Å². The summed E-state index contributed by atoms with van der Waals surface area (Å²) in [5, 5.41) is 0. The molecule has 1 aliphatic carbocycles. The molecule has 0 aliphatic heterocycles. The third-order valence-electron chi connectivity index (χ3n) is 4.99. The number of carbonyl (C=O) groups is 4. The Balaban J connectivity index is 3.19. The van der Waals surface area contributed by atoms with Gasteiger partial charge in [-0.05, 0) is 18.4 Å². The van der Waals surface area contributed by atoms with Gasteiger partial charge >= 0.3 is 23.9 Å². The molecule has 8 nitrogen and oxygen atoms in total. The molecule has 1 rings (SSSR count). The van der Waals surface area contributed by atoms with Gasteiger partial charge in [0.1, 0.15) is 6.10 Å². The average Bonchev–Trinajstić information content (AvgIpc) is 2.67. The van der Waals surface area contributed by atoms with Crippen molar-refractivity contribution in [2.45, 2.75) is 78.6 Å². The molecule has 0 heterocycles. The van der Waals surface area contributed by atoms with E-state index >= 15 is 0 Å². The van der Waals surface area contributed by atoms with Gasteiger partial charge in [-0.1, -0.05) is 34.1 Å². The first-order chi connectivity index (χ1) is 13.6. The molecule has 0 radical (unpaired) electrons. The lowest BCUT2D eigenvalue weighted by Crippen LogP contribution is -2.48. The molecule has 1 aliphatic rings. The van der Waals surface area contributed by atoms with Crippen LogP contribution < -0.4 is 0 Å². The predicted octanol–water partition coefficient (Wildman–Crippen LogP) is 2.73. The Hall–Kier alpha value is -2.38. The number of esters is 4. The van der Waals surface area contributed by atoms with E-state index in [9.17, 15) is 19.2 Å². The van der Waals surface area contributed by atoms with E-state index < -0.39 is 42.2 Å². The quantitative estimate of drug-likeness (QED) is 0.420. The van der Waals surface area contributed by atoms with Crippen LogP contribution in [0.1, 0.15) is 60.3 Å². The zero-order valence-electron chi connectivity index (χ0n) is 18.1. The fourth-order valence-electron chi connectivity index (χ4n) is 2.80. The normalized spacial score (nSPS) is 23.2. The van der Waals surface area contributed by atoms with E-state index in [4.69, 9.17) is 18.9 Å². The van der Waals surface area contributed by atoms with Crippen LogP contribution >= 0.6 is 0 Å². The minimum absolute atomic E-state index is 0.00482. The second-order valence-electron chi connectivity index (χ2n) is 7.42. The van der Waals surface area contributed by atoms with Crippen LogP contribution in [0.5, 0.6) is 0 Å². The standard InChI is InChI=1S/C21H32O8/c1-7-12(3)9-18(23)28-17-11-15(21(25)26-6)10-16(27-14(5)22)19(17)29-20(24)13(4)8-2/h10,12-13,16-17,19H,7-9,11H2,1-6H3/t12-,13+,16+,17+,19+/m0/s1. The Morgan fingerprint density at radius 1 is 1.07 bits per heavy atom. The summed E-state index contributed by atoms with van der Waals surface area (Å²) in [4.78, 5) is 48.4. The van der Waals surface area contributed by atoms with E-state index in [-0.39, 0.29) is 30.3 Å². The molecule has 0 amide bonds. The third-order valence-corrected chi connectivity index (χ3v) is 4.99. The maximum atomic E-state index is 12.4. The summed E-state index contributed by atoms with van der Waals surface area (Å²) in [6.45, 7) is 8.65. The van der Waals surface area contributed by atoms with Gasteiger partial charge < -0.3 is 18.9 Å². The SMILES string of the molecule is CC[C@H](C)CC(=O)O[C@@H]1CC(C(=O)OC)=C[C@@H](OC(C)=O)[C@H]1OC(=O)[C@H](C)CC. The van der Waals surface area contributed by atoms with Gasteiger partial charge in [0.05, 0.1) is 13.0 Å². The minimum Gasteiger partial charge on any atom is -0.466 e. The number of methoxy groups -OCH3 is 1. The maximum Gasteiger partial charge on any atom is 0.333 e. The van der Waals surface area contributed by atoms with Crippen molar-refractivity contribution in [3.8, 4) is 0 Å². The van der Waals surface area contributed by atoms with E-state index in [0.717, 1.165) is 6.42 Å². The monoisotopic (exact) mass is 412 g/mol. The molecule has 164 valence electrons. The second kappa shape index (κ2) is 11.6. The van der Waals surface area contributed by atoms with Crippen LogP contribution in [0.25, 0.3) is 0 Å². The molecule has 0 saturated heterocycles. The summed E-state index contributed by atoms with van der Waals surface area (Å²) < 4.78 is 21.2. The van der Waals surface area contributed by atoms with E-state index in [0.29, 0.717) is 6.42 Å². The molecule has 0 unspecified atom stereocenters. The first-order valence-electron chi connectivity index (χ1n) is 9.98. The molecule has 0 bridgehead atoms. The zero-order valence-corrected chi connectivity index (χ0v) is 18.1. The highest BCUT2D eigenvalue weighted by atomic mass is 16.6. The smallest absolute Gasteiger partial charge is 0.333 e. The predicted molar refractivity (Wildman–Crippen MR) is 104 cm³/mol. The molecule has 8 heteroatoms. The van der Waals surface area contributed by atoms with Crippen molar-refractivity contribution in [1.82, 2.24) is 0 Å². The third kappa shape index (κ3) is 7.51. The number of ether oxygens (including phenoxy) is 4. The van der Waals surface area contributed by atoms with Crippen molar-refractivity contribution in [2.75, 3.05) is 7.11 Å². The van der Waals surface area contributed by atoms with E-state index in [1.165, 1.54) is 20.1 Å². The summed E-state index contributed by atoms with van der Waals surface area (Å²) in [6, 6.07) is 0. The van der Waals surface area contributed by atoms with Crippen LogP contribution in [-0.4, -0.2) is 49.3 Å². The Kier molecular flexibility index (Phi) is 9.85. The second-order valence-corrected chi connectivity index (χ2v) is 7.42. The molecule has 0 saturated carbocycles. The Morgan fingerprint density at radius 3 is 2.24 bits per heavy atom.